The quantitative estimate of drug-likeness (QED) is 0.362. The van der Waals surface area contributed by atoms with Crippen LogP contribution in [0.2, 0.25) is 0 Å². The molecule has 180 valence electrons. The minimum atomic E-state index is -4.03. The van der Waals surface area contributed by atoms with Crippen LogP contribution in [0.5, 0.6) is 5.88 Å². The van der Waals surface area contributed by atoms with E-state index in [0.717, 1.165) is 0 Å². The number of fused-ring (bicyclic) bond motifs is 1. The summed E-state index contributed by atoms with van der Waals surface area (Å²) >= 11 is 0. The van der Waals surface area contributed by atoms with E-state index >= 15 is 0 Å². The monoisotopic (exact) mass is 500 g/mol. The molecule has 0 unspecified atom stereocenters. The maximum atomic E-state index is 13.3. The van der Waals surface area contributed by atoms with Gasteiger partial charge in [-0.3, -0.25) is 9.52 Å². The van der Waals surface area contributed by atoms with Gasteiger partial charge in [0.25, 0.3) is 15.6 Å². The second-order valence-corrected chi connectivity index (χ2v) is 9.38. The van der Waals surface area contributed by atoms with Crippen LogP contribution in [0.4, 0.5) is 11.6 Å². The first-order valence-electron chi connectivity index (χ1n) is 10.7. The van der Waals surface area contributed by atoms with E-state index in [4.69, 9.17) is 10.5 Å². The molecule has 0 spiro atoms. The Morgan fingerprint density at radius 3 is 2.44 bits per heavy atom. The molecule has 11 heteroatoms. The maximum absolute atomic E-state index is 13.3. The van der Waals surface area contributed by atoms with Gasteiger partial charge >= 0.3 is 0 Å². The number of pyridine rings is 2. The zero-order valence-electron chi connectivity index (χ0n) is 19.0. The number of hydrogen-bond donors (Lipinski definition) is 2. The number of anilines is 2. The molecule has 3 heterocycles. The Balaban J connectivity index is 1.63. The van der Waals surface area contributed by atoms with Crippen LogP contribution in [0.1, 0.15) is 0 Å². The van der Waals surface area contributed by atoms with Gasteiger partial charge in [0.15, 0.2) is 0 Å². The molecule has 0 atom stereocenters. The van der Waals surface area contributed by atoms with Crippen molar-refractivity contribution >= 4 is 32.6 Å². The lowest BCUT2D eigenvalue weighted by Crippen LogP contribution is -2.23. The zero-order chi connectivity index (χ0) is 25.3. The smallest absolute Gasteiger partial charge is 0.268 e. The number of rotatable bonds is 6. The van der Waals surface area contributed by atoms with Crippen LogP contribution >= 0.6 is 0 Å². The third-order valence-corrected chi connectivity index (χ3v) is 6.81. The van der Waals surface area contributed by atoms with E-state index < -0.39 is 15.6 Å². The lowest BCUT2D eigenvalue weighted by Gasteiger charge is -2.13. The highest BCUT2D eigenvalue weighted by atomic mass is 32.2. The molecular weight excluding hydrogens is 480 g/mol. The van der Waals surface area contributed by atoms with Gasteiger partial charge in [-0.05, 0) is 48.0 Å². The van der Waals surface area contributed by atoms with E-state index in [1.807, 2.05) is 0 Å². The molecule has 0 aliphatic heterocycles. The molecule has 3 N–H and O–H groups in total. The highest BCUT2D eigenvalue weighted by Gasteiger charge is 2.22. The molecule has 10 nitrogen and oxygen atoms in total. The van der Waals surface area contributed by atoms with Gasteiger partial charge in [-0.1, -0.05) is 30.3 Å². The maximum Gasteiger partial charge on any atom is 0.268 e. The molecule has 0 saturated carbocycles. The first kappa shape index (κ1) is 23.0. The van der Waals surface area contributed by atoms with Gasteiger partial charge in [-0.25, -0.2) is 27.9 Å². The molecule has 0 aliphatic carbocycles. The Morgan fingerprint density at radius 2 is 1.72 bits per heavy atom. The number of aromatic nitrogens is 4. The van der Waals surface area contributed by atoms with Crippen LogP contribution in [0.3, 0.4) is 0 Å². The standard InChI is InChI=1S/C25H20N6O4S/c1-35-23-21(36(33,34)30-18-7-3-2-4-8-18)14-17(15-28-23)16-10-11-20-19(13-16)24(32)31(25(26)29-20)22-9-5-6-12-27-22/h2-15,30H,1H3,(H2,26,29). The van der Waals surface area contributed by atoms with Gasteiger partial charge in [0.1, 0.15) is 10.7 Å². The fraction of sp³-hybridized carbons (Fsp3) is 0.0400. The second-order valence-electron chi connectivity index (χ2n) is 7.73. The largest absolute Gasteiger partial charge is 0.480 e. The highest BCUT2D eigenvalue weighted by Crippen LogP contribution is 2.30. The lowest BCUT2D eigenvalue weighted by atomic mass is 10.1. The number of nitrogen functional groups attached to an aromatic ring is 1. The summed E-state index contributed by atoms with van der Waals surface area (Å²) in [5.74, 6) is 0.284. The van der Waals surface area contributed by atoms with Gasteiger partial charge in [0.2, 0.25) is 11.8 Å². The van der Waals surface area contributed by atoms with Crippen LogP contribution in [0.15, 0.2) is 94.9 Å². The normalized spacial score (nSPS) is 11.4. The lowest BCUT2D eigenvalue weighted by molar-refractivity contribution is 0.385. The van der Waals surface area contributed by atoms with Crippen molar-refractivity contribution in [2.45, 2.75) is 4.90 Å². The third-order valence-electron chi connectivity index (χ3n) is 5.43. The molecule has 5 aromatic rings. The average Bonchev–Trinajstić information content (AvgIpc) is 2.89. The van der Waals surface area contributed by atoms with E-state index in [1.165, 1.54) is 23.9 Å². The Labute approximate surface area is 206 Å². The topological polar surface area (TPSA) is 142 Å². The summed E-state index contributed by atoms with van der Waals surface area (Å²) in [6.45, 7) is 0. The number of nitrogens with zero attached hydrogens (tertiary/aromatic N) is 4. The molecule has 5 rings (SSSR count). The van der Waals surface area contributed by atoms with E-state index in [9.17, 15) is 13.2 Å². The van der Waals surface area contributed by atoms with Gasteiger partial charge in [-0.2, -0.15) is 0 Å². The van der Waals surface area contributed by atoms with Crippen LogP contribution in [0, 0.1) is 0 Å². The van der Waals surface area contributed by atoms with Crippen molar-refractivity contribution in [3.05, 3.63) is 95.5 Å². The Kier molecular flexibility index (Phi) is 5.82. The summed E-state index contributed by atoms with van der Waals surface area (Å²) in [6, 6.07) is 20.0. The van der Waals surface area contributed by atoms with Crippen LogP contribution in [-0.2, 0) is 10.0 Å². The summed E-state index contributed by atoms with van der Waals surface area (Å²) in [7, 11) is -2.68. The first-order valence-corrected chi connectivity index (χ1v) is 12.2. The van der Waals surface area contributed by atoms with Crippen molar-refractivity contribution in [2.24, 2.45) is 0 Å². The van der Waals surface area contributed by atoms with E-state index in [-0.39, 0.29) is 22.1 Å². The average molecular weight is 501 g/mol. The number of nitrogens with two attached hydrogens (primary N) is 1. The fourth-order valence-electron chi connectivity index (χ4n) is 3.74. The van der Waals surface area contributed by atoms with Crippen molar-refractivity contribution in [2.75, 3.05) is 17.6 Å². The third kappa shape index (κ3) is 4.23. The predicted molar refractivity (Wildman–Crippen MR) is 137 cm³/mol. The molecule has 0 saturated heterocycles. The molecule has 3 aromatic heterocycles. The van der Waals surface area contributed by atoms with Gasteiger partial charge in [-0.15, -0.1) is 0 Å². The summed E-state index contributed by atoms with van der Waals surface area (Å²) < 4.78 is 35.3. The van der Waals surface area contributed by atoms with Crippen LogP contribution in [0.25, 0.3) is 27.8 Å². The van der Waals surface area contributed by atoms with Crippen molar-refractivity contribution in [1.29, 1.82) is 0 Å². The number of sulfonamides is 1. The highest BCUT2D eigenvalue weighted by molar-refractivity contribution is 7.92. The number of benzene rings is 2. The number of nitrogens with one attached hydrogen (secondary N) is 1. The minimum Gasteiger partial charge on any atom is -0.480 e. The molecular formula is C25H20N6O4S. The molecule has 2 aromatic carbocycles. The second kappa shape index (κ2) is 9.12. The molecule has 0 amide bonds. The molecule has 0 bridgehead atoms. The summed E-state index contributed by atoms with van der Waals surface area (Å²) in [6.07, 6.45) is 3.03. The van der Waals surface area contributed by atoms with Crippen molar-refractivity contribution in [1.82, 2.24) is 19.5 Å². The first-order chi connectivity index (χ1) is 17.4. The van der Waals surface area contributed by atoms with Crippen molar-refractivity contribution in [3.63, 3.8) is 0 Å². The summed E-state index contributed by atoms with van der Waals surface area (Å²) in [5, 5.41) is 0.287. The number of para-hydroxylation sites is 1. The zero-order valence-corrected chi connectivity index (χ0v) is 19.8. The van der Waals surface area contributed by atoms with E-state index in [2.05, 4.69) is 19.7 Å². The number of ether oxygens (including phenoxy) is 1. The summed E-state index contributed by atoms with van der Waals surface area (Å²) in [4.78, 5) is 25.9. The van der Waals surface area contributed by atoms with E-state index in [0.29, 0.717) is 28.1 Å². The molecule has 0 fully saturated rings. The Bertz CT molecular complexity index is 1740. The molecule has 0 aliphatic rings. The predicted octanol–water partition coefficient (Wildman–Crippen LogP) is 3.23. The number of hydrogen-bond acceptors (Lipinski definition) is 8. The molecule has 36 heavy (non-hydrogen) atoms. The van der Waals surface area contributed by atoms with Gasteiger partial charge in [0.05, 0.1) is 18.0 Å². The Morgan fingerprint density at radius 1 is 0.944 bits per heavy atom. The van der Waals surface area contributed by atoms with Crippen molar-refractivity contribution in [3.8, 4) is 22.8 Å². The van der Waals surface area contributed by atoms with Crippen LogP contribution < -0.4 is 20.8 Å². The van der Waals surface area contributed by atoms with Crippen molar-refractivity contribution < 1.29 is 13.2 Å². The van der Waals surface area contributed by atoms with Crippen LogP contribution in [-0.4, -0.2) is 35.0 Å². The molecule has 0 radical (unpaired) electrons. The van der Waals surface area contributed by atoms with Gasteiger partial charge < -0.3 is 10.5 Å². The van der Waals surface area contributed by atoms with Gasteiger partial charge in [0, 0.05) is 23.6 Å². The number of methoxy groups -OCH3 is 1. The SMILES string of the molecule is COc1ncc(-c2ccc3nc(N)n(-c4ccccn4)c(=O)c3c2)cc1S(=O)(=O)Nc1ccccc1. The fourth-order valence-corrected chi connectivity index (χ4v) is 4.95. The summed E-state index contributed by atoms with van der Waals surface area (Å²) in [5.41, 5.74) is 7.46. The minimum absolute atomic E-state index is 0.00503. The van der Waals surface area contributed by atoms with E-state index in [1.54, 1.807) is 72.9 Å². The Hall–Kier alpha value is -4.77.